The van der Waals surface area contributed by atoms with Crippen molar-refractivity contribution in [2.75, 3.05) is 6.54 Å². The molecule has 118 valence electrons. The number of hydrogen-bond donors (Lipinski definition) is 1. The molecule has 0 aliphatic heterocycles. The molecule has 21 heavy (non-hydrogen) atoms. The number of nitrogens with one attached hydrogen (secondary N) is 1. The number of hydrogen-bond acceptors (Lipinski definition) is 2. The van der Waals surface area contributed by atoms with E-state index in [-0.39, 0.29) is 0 Å². The van der Waals surface area contributed by atoms with Crippen LogP contribution in [-0.4, -0.2) is 12.6 Å². The quantitative estimate of drug-likeness (QED) is 0.764. The van der Waals surface area contributed by atoms with Crippen LogP contribution in [0.3, 0.4) is 0 Å². The minimum absolute atomic E-state index is 0.325. The Morgan fingerprint density at radius 3 is 2.86 bits per heavy atom. The summed E-state index contributed by atoms with van der Waals surface area (Å²) < 4.78 is 6.12. The van der Waals surface area contributed by atoms with E-state index in [1.165, 1.54) is 18.4 Å². The van der Waals surface area contributed by atoms with Gasteiger partial charge >= 0.3 is 0 Å². The summed E-state index contributed by atoms with van der Waals surface area (Å²) in [6.07, 6.45) is 6.35. The van der Waals surface area contributed by atoms with Crippen LogP contribution in [-0.2, 0) is 0 Å². The van der Waals surface area contributed by atoms with E-state index in [1.54, 1.807) is 0 Å². The minimum Gasteiger partial charge on any atom is -0.489 e. The van der Waals surface area contributed by atoms with Crippen LogP contribution in [0.15, 0.2) is 18.2 Å². The highest BCUT2D eigenvalue weighted by atomic mass is 35.5. The maximum atomic E-state index is 6.41. The van der Waals surface area contributed by atoms with Gasteiger partial charge in [-0.25, -0.2) is 0 Å². The van der Waals surface area contributed by atoms with Gasteiger partial charge in [0.1, 0.15) is 5.75 Å². The molecule has 1 aromatic rings. The fourth-order valence-electron chi connectivity index (χ4n) is 3.03. The zero-order valence-corrected chi connectivity index (χ0v) is 14.2. The Hall–Kier alpha value is -0.730. The first-order valence-electron chi connectivity index (χ1n) is 8.29. The van der Waals surface area contributed by atoms with E-state index in [0.29, 0.717) is 12.1 Å². The fraction of sp³-hybridized carbons (Fsp3) is 0.667. The molecule has 0 saturated heterocycles. The van der Waals surface area contributed by atoms with Crippen LogP contribution < -0.4 is 10.1 Å². The normalized spacial score (nSPS) is 23.8. The van der Waals surface area contributed by atoms with Crippen molar-refractivity contribution >= 4 is 11.6 Å². The number of ether oxygens (including phenoxy) is 1. The highest BCUT2D eigenvalue weighted by Gasteiger charge is 2.21. The predicted molar refractivity (Wildman–Crippen MR) is 90.2 cm³/mol. The summed E-state index contributed by atoms with van der Waals surface area (Å²) in [4.78, 5) is 0. The highest BCUT2D eigenvalue weighted by molar-refractivity contribution is 6.32. The van der Waals surface area contributed by atoms with Gasteiger partial charge in [-0.2, -0.15) is 0 Å². The van der Waals surface area contributed by atoms with E-state index in [1.807, 2.05) is 12.1 Å². The Morgan fingerprint density at radius 2 is 2.19 bits per heavy atom. The van der Waals surface area contributed by atoms with Crippen molar-refractivity contribution in [3.05, 3.63) is 28.8 Å². The second-order valence-corrected chi connectivity index (χ2v) is 6.78. The second-order valence-electron chi connectivity index (χ2n) is 6.38. The number of rotatable bonds is 6. The van der Waals surface area contributed by atoms with Gasteiger partial charge in [0.15, 0.2) is 0 Å². The standard InChI is InChI=1S/C18H28ClNO/c1-4-10-20-14(3)15-8-9-18(17(19)12-15)21-16-7-5-6-13(2)11-16/h8-9,12-14,16,20H,4-7,10-11H2,1-3H3. The number of halogens is 1. The lowest BCUT2D eigenvalue weighted by Gasteiger charge is -2.28. The molecule has 3 unspecified atom stereocenters. The molecule has 2 rings (SSSR count). The molecule has 3 heteroatoms. The summed E-state index contributed by atoms with van der Waals surface area (Å²) in [6.45, 7) is 7.68. The predicted octanol–water partition coefficient (Wildman–Crippen LogP) is 5.36. The first-order chi connectivity index (χ1) is 10.1. The minimum atomic E-state index is 0.325. The third-order valence-corrected chi connectivity index (χ3v) is 4.63. The van der Waals surface area contributed by atoms with Crippen LogP contribution in [0.4, 0.5) is 0 Å². The zero-order valence-electron chi connectivity index (χ0n) is 13.5. The lowest BCUT2D eigenvalue weighted by molar-refractivity contribution is 0.129. The second kappa shape index (κ2) is 8.05. The van der Waals surface area contributed by atoms with E-state index in [4.69, 9.17) is 16.3 Å². The van der Waals surface area contributed by atoms with Crippen LogP contribution in [0.1, 0.15) is 64.5 Å². The lowest BCUT2D eigenvalue weighted by atomic mass is 9.89. The molecular formula is C18H28ClNO. The van der Waals surface area contributed by atoms with Gasteiger partial charge in [-0.1, -0.05) is 37.9 Å². The molecule has 1 aliphatic carbocycles. The summed E-state index contributed by atoms with van der Waals surface area (Å²) in [7, 11) is 0. The molecule has 1 aromatic carbocycles. The lowest BCUT2D eigenvalue weighted by Crippen LogP contribution is -2.24. The van der Waals surface area contributed by atoms with E-state index in [2.05, 4.69) is 32.2 Å². The fourth-order valence-corrected chi connectivity index (χ4v) is 3.26. The van der Waals surface area contributed by atoms with Crippen molar-refractivity contribution in [1.82, 2.24) is 5.32 Å². The zero-order chi connectivity index (χ0) is 15.2. The van der Waals surface area contributed by atoms with E-state index in [9.17, 15) is 0 Å². The van der Waals surface area contributed by atoms with Crippen molar-refractivity contribution < 1.29 is 4.74 Å². The molecule has 0 radical (unpaired) electrons. The Morgan fingerprint density at radius 1 is 1.38 bits per heavy atom. The van der Waals surface area contributed by atoms with Crippen molar-refractivity contribution in [3.8, 4) is 5.75 Å². The first kappa shape index (κ1) is 16.6. The molecule has 1 saturated carbocycles. The summed E-state index contributed by atoms with van der Waals surface area (Å²) in [6, 6.07) is 6.52. The molecule has 1 aliphatic rings. The molecule has 0 bridgehead atoms. The van der Waals surface area contributed by atoms with Crippen molar-refractivity contribution in [3.63, 3.8) is 0 Å². The SMILES string of the molecule is CCCNC(C)c1ccc(OC2CCCC(C)C2)c(Cl)c1. The van der Waals surface area contributed by atoms with Gasteiger partial charge in [-0.3, -0.25) is 0 Å². The maximum absolute atomic E-state index is 6.41. The van der Waals surface area contributed by atoms with E-state index in [0.717, 1.165) is 42.5 Å². The van der Waals surface area contributed by atoms with Crippen LogP contribution in [0.2, 0.25) is 5.02 Å². The Balaban J connectivity index is 1.98. The molecule has 1 fully saturated rings. The van der Waals surface area contributed by atoms with Gasteiger partial charge in [0.05, 0.1) is 11.1 Å². The molecule has 0 aromatic heterocycles. The van der Waals surface area contributed by atoms with Crippen molar-refractivity contribution in [1.29, 1.82) is 0 Å². The van der Waals surface area contributed by atoms with Crippen LogP contribution >= 0.6 is 11.6 Å². The maximum Gasteiger partial charge on any atom is 0.138 e. The monoisotopic (exact) mass is 309 g/mol. The summed E-state index contributed by atoms with van der Waals surface area (Å²) in [5.74, 6) is 1.60. The molecule has 0 heterocycles. The molecule has 3 atom stereocenters. The third-order valence-electron chi connectivity index (χ3n) is 4.34. The largest absolute Gasteiger partial charge is 0.489 e. The van der Waals surface area contributed by atoms with Crippen LogP contribution in [0, 0.1) is 5.92 Å². The Labute approximate surface area is 134 Å². The molecule has 0 amide bonds. The number of benzene rings is 1. The van der Waals surface area contributed by atoms with Crippen molar-refractivity contribution in [2.45, 2.75) is 65.0 Å². The smallest absolute Gasteiger partial charge is 0.138 e. The summed E-state index contributed by atoms with van der Waals surface area (Å²) >= 11 is 6.41. The van der Waals surface area contributed by atoms with Gasteiger partial charge in [0, 0.05) is 6.04 Å². The first-order valence-corrected chi connectivity index (χ1v) is 8.67. The van der Waals surface area contributed by atoms with Gasteiger partial charge in [-0.15, -0.1) is 0 Å². The average Bonchev–Trinajstić information content (AvgIpc) is 2.47. The van der Waals surface area contributed by atoms with Gasteiger partial charge in [0.2, 0.25) is 0 Å². The molecule has 0 spiro atoms. The highest BCUT2D eigenvalue weighted by Crippen LogP contribution is 2.32. The molecule has 1 N–H and O–H groups in total. The van der Waals surface area contributed by atoms with Gasteiger partial charge in [0.25, 0.3) is 0 Å². The molecular weight excluding hydrogens is 282 g/mol. The summed E-state index contributed by atoms with van der Waals surface area (Å²) in [5.41, 5.74) is 1.22. The van der Waals surface area contributed by atoms with E-state index >= 15 is 0 Å². The molecule has 2 nitrogen and oxygen atoms in total. The Kier molecular flexibility index (Phi) is 6.38. The Bertz CT molecular complexity index is 449. The average molecular weight is 310 g/mol. The third kappa shape index (κ3) is 4.89. The van der Waals surface area contributed by atoms with Gasteiger partial charge < -0.3 is 10.1 Å². The van der Waals surface area contributed by atoms with E-state index < -0.39 is 0 Å². The van der Waals surface area contributed by atoms with Crippen LogP contribution in [0.5, 0.6) is 5.75 Å². The van der Waals surface area contributed by atoms with Gasteiger partial charge in [-0.05, 0) is 62.8 Å². The topological polar surface area (TPSA) is 21.3 Å². The van der Waals surface area contributed by atoms with Crippen LogP contribution in [0.25, 0.3) is 0 Å². The summed E-state index contributed by atoms with van der Waals surface area (Å²) in [5, 5.41) is 4.22. The van der Waals surface area contributed by atoms with Crippen molar-refractivity contribution in [2.24, 2.45) is 5.92 Å².